The zero-order valence-corrected chi connectivity index (χ0v) is 9.69. The molecule has 0 saturated heterocycles. The van der Waals surface area contributed by atoms with Crippen LogP contribution in [0.3, 0.4) is 0 Å². The number of hydrogen-bond donors (Lipinski definition) is 2. The second kappa shape index (κ2) is 6.81. The Kier molecular flexibility index (Phi) is 5.36. The third kappa shape index (κ3) is 4.78. The fraction of sp³-hybridized carbons (Fsp3) is 0.308. The van der Waals surface area contributed by atoms with E-state index in [9.17, 15) is 9.18 Å². The SMILES string of the molecule is CC[C@@H](CO)NC(=O)/C=C/c1ccc(F)cc1. The summed E-state index contributed by atoms with van der Waals surface area (Å²) in [4.78, 5) is 11.4. The van der Waals surface area contributed by atoms with E-state index in [1.165, 1.54) is 18.2 Å². The summed E-state index contributed by atoms with van der Waals surface area (Å²) in [6.07, 6.45) is 3.64. The highest BCUT2D eigenvalue weighted by Gasteiger charge is 2.05. The van der Waals surface area contributed by atoms with E-state index in [0.29, 0.717) is 6.42 Å². The zero-order valence-electron chi connectivity index (χ0n) is 9.69. The van der Waals surface area contributed by atoms with Crippen molar-refractivity contribution in [2.45, 2.75) is 19.4 Å². The third-order valence-electron chi connectivity index (χ3n) is 2.36. The summed E-state index contributed by atoms with van der Waals surface area (Å²) in [5, 5.41) is 11.6. The molecule has 17 heavy (non-hydrogen) atoms. The molecule has 92 valence electrons. The van der Waals surface area contributed by atoms with Crippen molar-refractivity contribution in [3.05, 3.63) is 41.7 Å². The van der Waals surface area contributed by atoms with Crippen molar-refractivity contribution in [1.82, 2.24) is 5.32 Å². The predicted molar refractivity (Wildman–Crippen MR) is 64.7 cm³/mol. The molecule has 3 nitrogen and oxygen atoms in total. The number of rotatable bonds is 5. The smallest absolute Gasteiger partial charge is 0.244 e. The Bertz CT molecular complexity index is 383. The summed E-state index contributed by atoms with van der Waals surface area (Å²) in [6.45, 7) is 1.80. The molecule has 1 aromatic rings. The molecule has 0 unspecified atom stereocenters. The number of benzene rings is 1. The van der Waals surface area contributed by atoms with Crippen LogP contribution in [0.2, 0.25) is 0 Å². The van der Waals surface area contributed by atoms with Gasteiger partial charge in [-0.15, -0.1) is 0 Å². The van der Waals surface area contributed by atoms with Gasteiger partial charge in [0.2, 0.25) is 5.91 Å². The summed E-state index contributed by atoms with van der Waals surface area (Å²) >= 11 is 0. The quantitative estimate of drug-likeness (QED) is 0.766. The molecule has 0 spiro atoms. The molecular formula is C13H16FNO2. The first kappa shape index (κ1) is 13.4. The van der Waals surface area contributed by atoms with Crippen LogP contribution >= 0.6 is 0 Å². The summed E-state index contributed by atoms with van der Waals surface area (Å²) in [5.74, 6) is -0.576. The normalized spacial score (nSPS) is 12.6. The lowest BCUT2D eigenvalue weighted by Gasteiger charge is -2.11. The number of aliphatic hydroxyl groups excluding tert-OH is 1. The Morgan fingerprint density at radius 3 is 2.65 bits per heavy atom. The van der Waals surface area contributed by atoms with Gasteiger partial charge < -0.3 is 10.4 Å². The number of amides is 1. The zero-order chi connectivity index (χ0) is 12.7. The molecule has 4 heteroatoms. The van der Waals surface area contributed by atoms with Gasteiger partial charge in [0.05, 0.1) is 12.6 Å². The van der Waals surface area contributed by atoms with E-state index in [1.807, 2.05) is 6.92 Å². The average molecular weight is 237 g/mol. The van der Waals surface area contributed by atoms with Crippen molar-refractivity contribution < 1.29 is 14.3 Å². The first-order valence-electron chi connectivity index (χ1n) is 5.50. The van der Waals surface area contributed by atoms with Crippen LogP contribution in [0.1, 0.15) is 18.9 Å². The number of carbonyl (C=O) groups excluding carboxylic acids is 1. The highest BCUT2D eigenvalue weighted by molar-refractivity contribution is 5.91. The largest absolute Gasteiger partial charge is 0.394 e. The van der Waals surface area contributed by atoms with E-state index in [-0.39, 0.29) is 24.4 Å². The first-order valence-corrected chi connectivity index (χ1v) is 5.50. The van der Waals surface area contributed by atoms with Crippen LogP contribution < -0.4 is 5.32 Å². The lowest BCUT2D eigenvalue weighted by molar-refractivity contribution is -0.117. The van der Waals surface area contributed by atoms with Crippen LogP contribution in [0, 0.1) is 5.82 Å². The summed E-state index contributed by atoms with van der Waals surface area (Å²) < 4.78 is 12.6. The monoisotopic (exact) mass is 237 g/mol. The van der Waals surface area contributed by atoms with Crippen LogP contribution in [-0.4, -0.2) is 23.7 Å². The number of aliphatic hydroxyl groups is 1. The molecule has 0 aliphatic rings. The maximum Gasteiger partial charge on any atom is 0.244 e. The van der Waals surface area contributed by atoms with Crippen LogP contribution in [0.4, 0.5) is 4.39 Å². The topological polar surface area (TPSA) is 49.3 Å². The van der Waals surface area contributed by atoms with Gasteiger partial charge in [-0.05, 0) is 30.2 Å². The van der Waals surface area contributed by atoms with Crippen molar-refractivity contribution in [2.75, 3.05) is 6.61 Å². The van der Waals surface area contributed by atoms with E-state index in [0.717, 1.165) is 5.56 Å². The highest BCUT2D eigenvalue weighted by atomic mass is 19.1. The van der Waals surface area contributed by atoms with E-state index in [1.54, 1.807) is 18.2 Å². The molecule has 0 heterocycles. The molecule has 0 fully saturated rings. The number of hydrogen-bond acceptors (Lipinski definition) is 2. The minimum absolute atomic E-state index is 0.0768. The molecule has 0 bridgehead atoms. The average Bonchev–Trinajstić information content (AvgIpc) is 2.35. The van der Waals surface area contributed by atoms with Crippen molar-refractivity contribution in [3.63, 3.8) is 0 Å². The molecule has 2 N–H and O–H groups in total. The van der Waals surface area contributed by atoms with Crippen LogP contribution in [0.5, 0.6) is 0 Å². The molecule has 0 aromatic heterocycles. The molecule has 1 rings (SSSR count). The third-order valence-corrected chi connectivity index (χ3v) is 2.36. The molecule has 1 aromatic carbocycles. The minimum atomic E-state index is -0.307. The Morgan fingerprint density at radius 1 is 1.47 bits per heavy atom. The van der Waals surface area contributed by atoms with Crippen LogP contribution in [0.15, 0.2) is 30.3 Å². The maximum absolute atomic E-state index is 12.6. The fourth-order valence-electron chi connectivity index (χ4n) is 1.27. The summed E-state index contributed by atoms with van der Waals surface area (Å²) in [7, 11) is 0. The van der Waals surface area contributed by atoms with Crippen molar-refractivity contribution >= 4 is 12.0 Å². The minimum Gasteiger partial charge on any atom is -0.394 e. The summed E-state index contributed by atoms with van der Waals surface area (Å²) in [6, 6.07) is 5.62. The standard InChI is InChI=1S/C13H16FNO2/c1-2-12(9-16)15-13(17)8-5-10-3-6-11(14)7-4-10/h3-8,12,16H,2,9H2,1H3,(H,15,17)/b8-5+/t12-/m0/s1. The predicted octanol–water partition coefficient (Wildman–Crippen LogP) is 1.73. The van der Waals surface area contributed by atoms with E-state index >= 15 is 0 Å². The Balaban J connectivity index is 2.53. The van der Waals surface area contributed by atoms with Crippen molar-refractivity contribution in [3.8, 4) is 0 Å². The van der Waals surface area contributed by atoms with E-state index < -0.39 is 0 Å². The van der Waals surface area contributed by atoms with Gasteiger partial charge in [0.1, 0.15) is 5.82 Å². The van der Waals surface area contributed by atoms with Gasteiger partial charge in [-0.25, -0.2) is 4.39 Å². The number of halogens is 1. The molecule has 0 aliphatic carbocycles. The van der Waals surface area contributed by atoms with Crippen molar-refractivity contribution in [1.29, 1.82) is 0 Å². The molecule has 0 radical (unpaired) electrons. The Labute approximate surface area is 100.0 Å². The first-order chi connectivity index (χ1) is 8.15. The second-order valence-electron chi connectivity index (χ2n) is 3.68. The number of carbonyl (C=O) groups is 1. The van der Waals surface area contributed by atoms with E-state index in [2.05, 4.69) is 5.32 Å². The lowest BCUT2D eigenvalue weighted by Crippen LogP contribution is -2.35. The van der Waals surface area contributed by atoms with E-state index in [4.69, 9.17) is 5.11 Å². The lowest BCUT2D eigenvalue weighted by atomic mass is 10.2. The van der Waals surface area contributed by atoms with Crippen molar-refractivity contribution in [2.24, 2.45) is 0 Å². The van der Waals surface area contributed by atoms with Gasteiger partial charge in [0.15, 0.2) is 0 Å². The van der Waals surface area contributed by atoms with Gasteiger partial charge in [-0.3, -0.25) is 4.79 Å². The highest BCUT2D eigenvalue weighted by Crippen LogP contribution is 2.04. The molecule has 1 atom stereocenters. The van der Waals surface area contributed by atoms with Gasteiger partial charge in [0, 0.05) is 6.08 Å². The molecular weight excluding hydrogens is 221 g/mol. The second-order valence-corrected chi connectivity index (χ2v) is 3.68. The number of nitrogens with one attached hydrogen (secondary N) is 1. The van der Waals surface area contributed by atoms with Crippen LogP contribution in [0.25, 0.3) is 6.08 Å². The van der Waals surface area contributed by atoms with Crippen LogP contribution in [-0.2, 0) is 4.79 Å². The molecule has 0 saturated carbocycles. The Hall–Kier alpha value is -1.68. The van der Waals surface area contributed by atoms with Gasteiger partial charge in [-0.1, -0.05) is 19.1 Å². The summed E-state index contributed by atoms with van der Waals surface area (Å²) in [5.41, 5.74) is 0.749. The van der Waals surface area contributed by atoms with Gasteiger partial charge in [-0.2, -0.15) is 0 Å². The van der Waals surface area contributed by atoms with Gasteiger partial charge in [0.25, 0.3) is 0 Å². The molecule has 0 aliphatic heterocycles. The molecule has 1 amide bonds. The maximum atomic E-state index is 12.6. The fourth-order valence-corrected chi connectivity index (χ4v) is 1.27. The van der Waals surface area contributed by atoms with Gasteiger partial charge >= 0.3 is 0 Å². The Morgan fingerprint density at radius 2 is 2.12 bits per heavy atom.